The van der Waals surface area contributed by atoms with E-state index in [0.717, 1.165) is 19.3 Å². The lowest BCUT2D eigenvalue weighted by Crippen LogP contribution is -2.54. The van der Waals surface area contributed by atoms with Crippen LogP contribution in [0.15, 0.2) is 18.3 Å². The first-order valence-corrected chi connectivity index (χ1v) is 8.13. The number of carbonyl (C=O) groups excluding carboxylic acids is 2. The molecule has 1 aliphatic heterocycles. The van der Waals surface area contributed by atoms with Gasteiger partial charge >= 0.3 is 6.03 Å². The number of hydrogen-bond acceptors (Lipinski definition) is 2. The summed E-state index contributed by atoms with van der Waals surface area (Å²) in [5, 5.41) is 3.09. The normalized spacial score (nSPS) is 16.5. The highest BCUT2D eigenvalue weighted by Crippen LogP contribution is 2.09. The lowest BCUT2D eigenvalue weighted by atomic mass is 10.1. The van der Waals surface area contributed by atoms with Crippen molar-refractivity contribution in [3.63, 3.8) is 0 Å². The van der Waals surface area contributed by atoms with E-state index in [-0.39, 0.29) is 18.0 Å². The zero-order valence-electron chi connectivity index (χ0n) is 13.5. The molecule has 3 amide bonds. The van der Waals surface area contributed by atoms with Gasteiger partial charge in [-0.3, -0.25) is 4.79 Å². The number of urea groups is 1. The van der Waals surface area contributed by atoms with Gasteiger partial charge in [-0.15, -0.1) is 0 Å². The summed E-state index contributed by atoms with van der Waals surface area (Å²) >= 11 is 0. The van der Waals surface area contributed by atoms with Crippen LogP contribution < -0.4 is 5.32 Å². The van der Waals surface area contributed by atoms with E-state index in [1.165, 1.54) is 0 Å². The van der Waals surface area contributed by atoms with Gasteiger partial charge in [-0.25, -0.2) is 4.79 Å². The molecule has 2 heterocycles. The van der Waals surface area contributed by atoms with Gasteiger partial charge in [0.1, 0.15) is 5.69 Å². The molecule has 1 aliphatic rings. The Kier molecular flexibility index (Phi) is 5.86. The van der Waals surface area contributed by atoms with E-state index >= 15 is 0 Å². The molecular weight excluding hydrogens is 280 g/mol. The van der Waals surface area contributed by atoms with E-state index < -0.39 is 0 Å². The fraction of sp³-hybridized carbons (Fsp3) is 0.625. The molecule has 0 aromatic carbocycles. The number of piperazine rings is 1. The summed E-state index contributed by atoms with van der Waals surface area (Å²) in [5.74, 6) is 0.00229. The Balaban J connectivity index is 1.81. The summed E-state index contributed by atoms with van der Waals surface area (Å²) in [6.07, 6.45) is 4.77. The van der Waals surface area contributed by atoms with Gasteiger partial charge in [0.25, 0.3) is 5.91 Å². The average molecular weight is 306 g/mol. The Morgan fingerprint density at radius 1 is 1.23 bits per heavy atom. The van der Waals surface area contributed by atoms with Crippen LogP contribution in [0.5, 0.6) is 0 Å². The second kappa shape index (κ2) is 7.87. The molecule has 0 unspecified atom stereocenters. The van der Waals surface area contributed by atoms with Crippen LogP contribution >= 0.6 is 0 Å². The third-order valence-electron chi connectivity index (χ3n) is 4.14. The average Bonchev–Trinajstić information content (AvgIpc) is 3.08. The molecule has 0 saturated carbocycles. The van der Waals surface area contributed by atoms with Gasteiger partial charge < -0.3 is 20.1 Å². The number of aromatic amines is 1. The van der Waals surface area contributed by atoms with Crippen LogP contribution in [-0.2, 0) is 0 Å². The lowest BCUT2D eigenvalue weighted by molar-refractivity contribution is 0.0658. The maximum absolute atomic E-state index is 12.3. The Bertz CT molecular complexity index is 478. The van der Waals surface area contributed by atoms with Crippen molar-refractivity contribution in [2.45, 2.75) is 39.2 Å². The Labute approximate surface area is 131 Å². The predicted octanol–water partition coefficient (Wildman–Crippen LogP) is 2.06. The summed E-state index contributed by atoms with van der Waals surface area (Å²) in [6.45, 7) is 6.54. The number of aromatic nitrogens is 1. The number of amides is 3. The molecule has 1 fully saturated rings. The first-order valence-electron chi connectivity index (χ1n) is 8.13. The SMILES string of the molecule is CCC[C@H](CC)NC(=O)N1CCN(C(=O)c2ccc[nH]2)CC1. The van der Waals surface area contributed by atoms with Crippen molar-refractivity contribution in [2.75, 3.05) is 26.2 Å². The van der Waals surface area contributed by atoms with Crippen LogP contribution in [0.25, 0.3) is 0 Å². The van der Waals surface area contributed by atoms with Gasteiger partial charge in [-0.2, -0.15) is 0 Å². The zero-order chi connectivity index (χ0) is 15.9. The van der Waals surface area contributed by atoms with Crippen molar-refractivity contribution < 1.29 is 9.59 Å². The molecule has 0 aliphatic carbocycles. The minimum absolute atomic E-state index is 0.00229. The number of hydrogen-bond donors (Lipinski definition) is 2. The molecule has 1 aromatic heterocycles. The summed E-state index contributed by atoms with van der Waals surface area (Å²) in [5.41, 5.74) is 0.604. The maximum atomic E-state index is 12.3. The fourth-order valence-electron chi connectivity index (χ4n) is 2.74. The highest BCUT2D eigenvalue weighted by molar-refractivity contribution is 5.92. The molecule has 1 atom stereocenters. The molecular formula is C16H26N4O2. The Morgan fingerprint density at radius 3 is 2.45 bits per heavy atom. The Hall–Kier alpha value is -1.98. The van der Waals surface area contributed by atoms with Gasteiger partial charge in [0, 0.05) is 38.4 Å². The molecule has 2 N–H and O–H groups in total. The van der Waals surface area contributed by atoms with E-state index in [2.05, 4.69) is 24.1 Å². The van der Waals surface area contributed by atoms with E-state index in [4.69, 9.17) is 0 Å². The molecule has 2 rings (SSSR count). The fourth-order valence-corrected chi connectivity index (χ4v) is 2.74. The molecule has 1 aromatic rings. The van der Waals surface area contributed by atoms with Crippen LogP contribution in [0.2, 0.25) is 0 Å². The minimum atomic E-state index is -0.00716. The van der Waals surface area contributed by atoms with Crippen LogP contribution in [0, 0.1) is 0 Å². The minimum Gasteiger partial charge on any atom is -0.357 e. The maximum Gasteiger partial charge on any atom is 0.317 e. The highest BCUT2D eigenvalue weighted by atomic mass is 16.2. The van der Waals surface area contributed by atoms with Gasteiger partial charge in [0.2, 0.25) is 0 Å². The molecule has 6 heteroatoms. The molecule has 1 saturated heterocycles. The first kappa shape index (κ1) is 16.4. The van der Waals surface area contributed by atoms with Crippen molar-refractivity contribution in [2.24, 2.45) is 0 Å². The third kappa shape index (κ3) is 4.02. The van der Waals surface area contributed by atoms with Gasteiger partial charge in [0.05, 0.1) is 0 Å². The molecule has 0 radical (unpaired) electrons. The van der Waals surface area contributed by atoms with Crippen molar-refractivity contribution in [3.05, 3.63) is 24.0 Å². The summed E-state index contributed by atoms with van der Waals surface area (Å²) in [7, 11) is 0. The molecule has 6 nitrogen and oxygen atoms in total. The van der Waals surface area contributed by atoms with E-state index in [9.17, 15) is 9.59 Å². The number of carbonyl (C=O) groups is 2. The molecule has 0 spiro atoms. The van der Waals surface area contributed by atoms with E-state index in [1.54, 1.807) is 22.1 Å². The van der Waals surface area contributed by atoms with Crippen LogP contribution in [0.3, 0.4) is 0 Å². The zero-order valence-corrected chi connectivity index (χ0v) is 13.5. The van der Waals surface area contributed by atoms with Crippen LogP contribution in [-0.4, -0.2) is 58.9 Å². The number of H-pyrrole nitrogens is 1. The Morgan fingerprint density at radius 2 is 1.91 bits per heavy atom. The van der Waals surface area contributed by atoms with Crippen molar-refractivity contribution in [1.29, 1.82) is 0 Å². The quantitative estimate of drug-likeness (QED) is 0.874. The topological polar surface area (TPSA) is 68.4 Å². The van der Waals surface area contributed by atoms with Gasteiger partial charge in [-0.1, -0.05) is 20.3 Å². The van der Waals surface area contributed by atoms with Gasteiger partial charge in [0.15, 0.2) is 0 Å². The van der Waals surface area contributed by atoms with Crippen molar-refractivity contribution in [3.8, 4) is 0 Å². The van der Waals surface area contributed by atoms with E-state index in [0.29, 0.717) is 31.9 Å². The van der Waals surface area contributed by atoms with Crippen molar-refractivity contribution in [1.82, 2.24) is 20.1 Å². The highest BCUT2D eigenvalue weighted by Gasteiger charge is 2.25. The largest absolute Gasteiger partial charge is 0.357 e. The molecule has 22 heavy (non-hydrogen) atoms. The standard InChI is InChI=1S/C16H26N4O2/c1-3-6-13(4-2)18-16(22)20-11-9-19(10-12-20)15(21)14-7-5-8-17-14/h5,7-8,13,17H,3-4,6,9-12H2,1-2H3,(H,18,22)/t13-/m0/s1. The summed E-state index contributed by atoms with van der Waals surface area (Å²) in [4.78, 5) is 31.0. The molecule has 0 bridgehead atoms. The van der Waals surface area contributed by atoms with Gasteiger partial charge in [-0.05, 0) is 25.0 Å². The number of nitrogens with one attached hydrogen (secondary N) is 2. The van der Waals surface area contributed by atoms with Crippen LogP contribution in [0.4, 0.5) is 4.79 Å². The second-order valence-electron chi connectivity index (χ2n) is 5.71. The predicted molar refractivity (Wildman–Crippen MR) is 85.8 cm³/mol. The number of nitrogens with zero attached hydrogens (tertiary/aromatic N) is 2. The first-order chi connectivity index (χ1) is 10.7. The lowest BCUT2D eigenvalue weighted by Gasteiger charge is -2.35. The summed E-state index contributed by atoms with van der Waals surface area (Å²) < 4.78 is 0. The number of rotatable bonds is 5. The third-order valence-corrected chi connectivity index (χ3v) is 4.14. The monoisotopic (exact) mass is 306 g/mol. The smallest absolute Gasteiger partial charge is 0.317 e. The summed E-state index contributed by atoms with van der Waals surface area (Å²) in [6, 6.07) is 3.83. The molecule has 122 valence electrons. The second-order valence-corrected chi connectivity index (χ2v) is 5.71. The van der Waals surface area contributed by atoms with Crippen molar-refractivity contribution >= 4 is 11.9 Å². The van der Waals surface area contributed by atoms with Crippen LogP contribution in [0.1, 0.15) is 43.6 Å². The van der Waals surface area contributed by atoms with E-state index in [1.807, 2.05) is 6.07 Å².